The Morgan fingerprint density at radius 2 is 2.11 bits per heavy atom. The van der Waals surface area contributed by atoms with Gasteiger partial charge in [-0.05, 0) is 42.9 Å². The van der Waals surface area contributed by atoms with Gasteiger partial charge in [0.25, 0.3) is 5.69 Å². The Kier molecular flexibility index (Phi) is 4.80. The molecule has 2 N–H and O–H groups in total. The lowest BCUT2D eigenvalue weighted by molar-refractivity contribution is -0.385. The molecule has 0 aliphatic heterocycles. The van der Waals surface area contributed by atoms with Crippen molar-refractivity contribution in [3.05, 3.63) is 32.3 Å². The van der Waals surface area contributed by atoms with Crippen LogP contribution >= 0.6 is 15.9 Å². The number of anilines is 1. The number of nitrogens with zero attached hydrogens (tertiary/aromatic N) is 1. The summed E-state index contributed by atoms with van der Waals surface area (Å²) in [5, 5.41) is 16.2. The van der Waals surface area contributed by atoms with E-state index in [0.29, 0.717) is 15.7 Å². The quantitative estimate of drug-likeness (QED) is 0.659. The van der Waals surface area contributed by atoms with Gasteiger partial charge in [-0.25, -0.2) is 0 Å². The monoisotopic (exact) mass is 315 g/mol. The summed E-state index contributed by atoms with van der Waals surface area (Å²) >= 11 is 3.27. The first-order valence-corrected chi connectivity index (χ1v) is 6.08. The van der Waals surface area contributed by atoms with E-state index in [-0.39, 0.29) is 17.6 Å². The fourth-order valence-corrected chi connectivity index (χ4v) is 1.88. The summed E-state index contributed by atoms with van der Waals surface area (Å²) < 4.78 is 0.613. The summed E-state index contributed by atoms with van der Waals surface area (Å²) in [6.07, 6.45) is 0. The minimum Gasteiger partial charge on any atom is -0.323 e. The molecule has 1 aromatic rings. The number of nitrogens with one attached hydrogen (secondary N) is 2. The zero-order valence-corrected chi connectivity index (χ0v) is 11.9. The van der Waals surface area contributed by atoms with Gasteiger partial charge in [-0.1, -0.05) is 0 Å². The third-order valence-corrected chi connectivity index (χ3v) is 3.22. The van der Waals surface area contributed by atoms with Crippen LogP contribution in [0.15, 0.2) is 16.6 Å². The maximum absolute atomic E-state index is 11.7. The van der Waals surface area contributed by atoms with Gasteiger partial charge < -0.3 is 10.6 Å². The summed E-state index contributed by atoms with van der Waals surface area (Å²) in [5.41, 5.74) is 0.900. The molecule has 1 atom stereocenters. The minimum absolute atomic E-state index is 0.0226. The van der Waals surface area contributed by atoms with E-state index in [1.807, 2.05) is 0 Å². The highest BCUT2D eigenvalue weighted by molar-refractivity contribution is 9.10. The van der Waals surface area contributed by atoms with E-state index in [9.17, 15) is 14.9 Å². The van der Waals surface area contributed by atoms with Gasteiger partial charge in [0.2, 0.25) is 5.91 Å². The Morgan fingerprint density at radius 3 is 2.61 bits per heavy atom. The third-order valence-electron chi connectivity index (χ3n) is 2.57. The molecule has 18 heavy (non-hydrogen) atoms. The fourth-order valence-electron chi connectivity index (χ4n) is 1.33. The molecule has 1 amide bonds. The average Bonchev–Trinajstić information content (AvgIpc) is 2.30. The zero-order valence-electron chi connectivity index (χ0n) is 10.3. The molecule has 7 heteroatoms. The van der Waals surface area contributed by atoms with Gasteiger partial charge in [0, 0.05) is 16.1 Å². The number of halogens is 1. The number of hydrogen-bond donors (Lipinski definition) is 2. The molecule has 0 aromatic heterocycles. The second-order valence-corrected chi connectivity index (χ2v) is 4.73. The molecule has 98 valence electrons. The van der Waals surface area contributed by atoms with Crippen LogP contribution in [0, 0.1) is 17.0 Å². The van der Waals surface area contributed by atoms with E-state index < -0.39 is 4.92 Å². The molecule has 0 saturated heterocycles. The number of rotatable bonds is 4. The second-order valence-electron chi connectivity index (χ2n) is 3.88. The lowest BCUT2D eigenvalue weighted by atomic mass is 10.2. The van der Waals surface area contributed by atoms with Crippen LogP contribution in [-0.4, -0.2) is 23.9 Å². The van der Waals surface area contributed by atoms with Crippen molar-refractivity contribution in [2.45, 2.75) is 19.9 Å². The maximum atomic E-state index is 11.7. The summed E-state index contributed by atoms with van der Waals surface area (Å²) in [7, 11) is 1.66. The molecule has 1 unspecified atom stereocenters. The van der Waals surface area contributed by atoms with Crippen LogP contribution < -0.4 is 10.6 Å². The van der Waals surface area contributed by atoms with Crippen LogP contribution in [0.3, 0.4) is 0 Å². The lowest BCUT2D eigenvalue weighted by Gasteiger charge is -2.12. The summed E-state index contributed by atoms with van der Waals surface area (Å²) in [5.74, 6) is -0.253. The topological polar surface area (TPSA) is 84.3 Å². The van der Waals surface area contributed by atoms with E-state index >= 15 is 0 Å². The van der Waals surface area contributed by atoms with Crippen molar-refractivity contribution in [3.8, 4) is 0 Å². The van der Waals surface area contributed by atoms with E-state index in [4.69, 9.17) is 0 Å². The van der Waals surface area contributed by atoms with Crippen molar-refractivity contribution in [1.82, 2.24) is 5.32 Å². The molecule has 0 aliphatic carbocycles. The second kappa shape index (κ2) is 5.92. The van der Waals surface area contributed by atoms with Crippen LogP contribution in [-0.2, 0) is 4.79 Å². The Balaban J connectivity index is 3.06. The fraction of sp³-hybridized carbons (Fsp3) is 0.364. The number of benzene rings is 1. The van der Waals surface area contributed by atoms with Gasteiger partial charge >= 0.3 is 0 Å². The Hall–Kier alpha value is -1.47. The molecule has 0 radical (unpaired) electrons. The Morgan fingerprint density at radius 1 is 1.50 bits per heavy atom. The van der Waals surface area contributed by atoms with E-state index in [1.54, 1.807) is 27.0 Å². The van der Waals surface area contributed by atoms with E-state index in [2.05, 4.69) is 26.6 Å². The zero-order chi connectivity index (χ0) is 13.9. The predicted molar refractivity (Wildman–Crippen MR) is 72.7 cm³/mol. The molecule has 1 rings (SSSR count). The van der Waals surface area contributed by atoms with Gasteiger partial charge in [-0.2, -0.15) is 0 Å². The molecule has 0 fully saturated rings. The van der Waals surface area contributed by atoms with Gasteiger partial charge in [-0.15, -0.1) is 0 Å². The number of likely N-dealkylation sites (N-methyl/N-ethyl adjacent to an activating group) is 1. The molecule has 0 saturated carbocycles. The number of hydrogen-bond acceptors (Lipinski definition) is 4. The summed E-state index contributed by atoms with van der Waals surface area (Å²) in [6, 6.07) is 2.58. The standard InChI is InChI=1S/C11H14BrN3O3/c1-6-4-8(12)9(5-10(6)15(17)18)14-11(16)7(2)13-3/h4-5,7,13H,1-3H3,(H,14,16). The van der Waals surface area contributed by atoms with Crippen molar-refractivity contribution >= 4 is 33.2 Å². The van der Waals surface area contributed by atoms with E-state index in [0.717, 1.165) is 0 Å². The van der Waals surface area contributed by atoms with Gasteiger partial charge in [0.1, 0.15) is 0 Å². The smallest absolute Gasteiger partial charge is 0.274 e. The van der Waals surface area contributed by atoms with Crippen LogP contribution in [0.4, 0.5) is 11.4 Å². The predicted octanol–water partition coefficient (Wildman–Crippen LogP) is 2.21. The van der Waals surface area contributed by atoms with Gasteiger partial charge in [0.15, 0.2) is 0 Å². The van der Waals surface area contributed by atoms with E-state index in [1.165, 1.54) is 6.07 Å². The molecule has 6 nitrogen and oxygen atoms in total. The molecule has 0 spiro atoms. The highest BCUT2D eigenvalue weighted by Gasteiger charge is 2.17. The SMILES string of the molecule is CNC(C)C(=O)Nc1cc([N+](=O)[O-])c(C)cc1Br. The number of nitro benzene ring substituents is 1. The van der Waals surface area contributed by atoms with Crippen molar-refractivity contribution in [1.29, 1.82) is 0 Å². The Labute approximate surface area is 113 Å². The lowest BCUT2D eigenvalue weighted by Crippen LogP contribution is -2.35. The minimum atomic E-state index is -0.473. The summed E-state index contributed by atoms with van der Waals surface area (Å²) in [6.45, 7) is 3.34. The normalized spacial score (nSPS) is 12.0. The first-order valence-electron chi connectivity index (χ1n) is 5.29. The van der Waals surface area contributed by atoms with Crippen LogP contribution in [0.25, 0.3) is 0 Å². The Bertz CT molecular complexity index is 491. The third kappa shape index (κ3) is 3.27. The molecule has 0 aliphatic rings. The van der Waals surface area contributed by atoms with Crippen LogP contribution in [0.1, 0.15) is 12.5 Å². The highest BCUT2D eigenvalue weighted by atomic mass is 79.9. The van der Waals surface area contributed by atoms with Crippen molar-refractivity contribution < 1.29 is 9.72 Å². The highest BCUT2D eigenvalue weighted by Crippen LogP contribution is 2.30. The first kappa shape index (κ1) is 14.6. The molecule has 0 heterocycles. The number of carbonyl (C=O) groups excluding carboxylic acids is 1. The number of nitro groups is 1. The van der Waals surface area contributed by atoms with Crippen LogP contribution in [0.2, 0.25) is 0 Å². The first-order chi connectivity index (χ1) is 8.36. The molecular weight excluding hydrogens is 302 g/mol. The van der Waals surface area contributed by atoms with Crippen molar-refractivity contribution in [3.63, 3.8) is 0 Å². The summed E-state index contributed by atoms with van der Waals surface area (Å²) in [4.78, 5) is 22.1. The van der Waals surface area contributed by atoms with Gasteiger partial charge in [-0.3, -0.25) is 14.9 Å². The number of carbonyl (C=O) groups is 1. The molecule has 0 bridgehead atoms. The van der Waals surface area contributed by atoms with Crippen LogP contribution in [0.5, 0.6) is 0 Å². The van der Waals surface area contributed by atoms with Crippen molar-refractivity contribution in [2.24, 2.45) is 0 Å². The molecular formula is C11H14BrN3O3. The largest absolute Gasteiger partial charge is 0.323 e. The van der Waals surface area contributed by atoms with Crippen molar-refractivity contribution in [2.75, 3.05) is 12.4 Å². The average molecular weight is 316 g/mol. The number of amides is 1. The van der Waals surface area contributed by atoms with Gasteiger partial charge in [0.05, 0.1) is 16.7 Å². The number of aryl methyl sites for hydroxylation is 1. The maximum Gasteiger partial charge on any atom is 0.274 e. The molecule has 1 aromatic carbocycles.